The lowest BCUT2D eigenvalue weighted by atomic mass is 10.0. The van der Waals surface area contributed by atoms with Gasteiger partial charge in [0.05, 0.1) is 0 Å². The van der Waals surface area contributed by atoms with Gasteiger partial charge in [-0.3, -0.25) is 0 Å². The summed E-state index contributed by atoms with van der Waals surface area (Å²) >= 11 is 0. The van der Waals surface area contributed by atoms with Crippen LogP contribution in [-0.4, -0.2) is 23.8 Å². The highest BCUT2D eigenvalue weighted by Gasteiger charge is 2.15. The van der Waals surface area contributed by atoms with E-state index >= 15 is 0 Å². The Kier molecular flexibility index (Phi) is 5.78. The summed E-state index contributed by atoms with van der Waals surface area (Å²) in [5, 5.41) is 17.2. The lowest BCUT2D eigenvalue weighted by Gasteiger charge is -2.21. The van der Waals surface area contributed by atoms with Crippen molar-refractivity contribution in [3.63, 3.8) is 0 Å². The molecule has 0 aliphatic rings. The number of urea groups is 1. The number of aliphatic hydroxyl groups excluding tert-OH is 1. The van der Waals surface area contributed by atoms with Crippen molar-refractivity contribution >= 4 is 16.8 Å². The maximum atomic E-state index is 12.0. The highest BCUT2D eigenvalue weighted by molar-refractivity contribution is 5.83. The number of hydrogen-bond acceptors (Lipinski definition) is 2. The van der Waals surface area contributed by atoms with Crippen LogP contribution in [0.1, 0.15) is 25.8 Å². The summed E-state index contributed by atoms with van der Waals surface area (Å²) in [5.74, 6) is 0.290. The van der Waals surface area contributed by atoms with Gasteiger partial charge in [-0.15, -0.1) is 0 Å². The number of benzene rings is 2. The van der Waals surface area contributed by atoms with Crippen molar-refractivity contribution in [3.8, 4) is 0 Å². The summed E-state index contributed by atoms with van der Waals surface area (Å²) in [6.45, 7) is 4.63. The normalized spacial score (nSPS) is 12.4. The fourth-order valence-corrected chi connectivity index (χ4v) is 2.46. The van der Waals surface area contributed by atoms with Crippen molar-refractivity contribution in [2.24, 2.45) is 5.92 Å². The van der Waals surface area contributed by atoms with Gasteiger partial charge in [0.15, 0.2) is 0 Å². The number of fused-ring (bicyclic) bond motifs is 1. The molecule has 2 rings (SSSR count). The molecule has 22 heavy (non-hydrogen) atoms. The van der Waals surface area contributed by atoms with Gasteiger partial charge in [-0.1, -0.05) is 50.2 Å². The number of nitrogens with one attached hydrogen (secondary N) is 2. The van der Waals surface area contributed by atoms with E-state index in [4.69, 9.17) is 5.11 Å². The minimum absolute atomic E-state index is 0.0124. The largest absolute Gasteiger partial charge is 0.396 e. The zero-order valence-electron chi connectivity index (χ0n) is 13.2. The van der Waals surface area contributed by atoms with E-state index in [1.54, 1.807) is 0 Å². The fourth-order valence-electron chi connectivity index (χ4n) is 2.46. The summed E-state index contributed by atoms with van der Waals surface area (Å²) < 4.78 is 0. The van der Waals surface area contributed by atoms with E-state index in [9.17, 15) is 4.79 Å². The topological polar surface area (TPSA) is 61.4 Å². The molecular weight excluding hydrogens is 276 g/mol. The summed E-state index contributed by atoms with van der Waals surface area (Å²) in [4.78, 5) is 12.0. The third-order valence-corrected chi connectivity index (χ3v) is 3.83. The van der Waals surface area contributed by atoms with Gasteiger partial charge in [-0.25, -0.2) is 4.79 Å². The molecule has 0 aliphatic heterocycles. The summed E-state index contributed by atoms with van der Waals surface area (Å²) in [6, 6.07) is 14.1. The Morgan fingerprint density at radius 2 is 1.86 bits per heavy atom. The van der Waals surface area contributed by atoms with Crippen molar-refractivity contribution in [2.75, 3.05) is 6.61 Å². The molecule has 1 unspecified atom stereocenters. The molecule has 0 bridgehead atoms. The van der Waals surface area contributed by atoms with E-state index in [-0.39, 0.29) is 18.7 Å². The number of carbonyl (C=O) groups is 1. The molecular formula is C18H24N2O2. The Hall–Kier alpha value is -2.07. The van der Waals surface area contributed by atoms with Crippen LogP contribution in [0.5, 0.6) is 0 Å². The van der Waals surface area contributed by atoms with Gasteiger partial charge in [0, 0.05) is 19.2 Å². The molecule has 0 aliphatic carbocycles. The first-order valence-corrected chi connectivity index (χ1v) is 7.73. The van der Waals surface area contributed by atoms with Crippen molar-refractivity contribution < 1.29 is 9.90 Å². The number of carbonyl (C=O) groups excluding carboxylic acids is 1. The monoisotopic (exact) mass is 300 g/mol. The second kappa shape index (κ2) is 7.80. The fraction of sp³-hybridized carbons (Fsp3) is 0.389. The number of amides is 2. The molecule has 3 N–H and O–H groups in total. The quantitative estimate of drug-likeness (QED) is 0.768. The van der Waals surface area contributed by atoms with Gasteiger partial charge in [0.2, 0.25) is 0 Å². The van der Waals surface area contributed by atoms with E-state index in [0.29, 0.717) is 18.9 Å². The zero-order valence-corrected chi connectivity index (χ0v) is 13.2. The molecule has 2 aromatic rings. The third kappa shape index (κ3) is 4.46. The molecule has 0 saturated heterocycles. The van der Waals surface area contributed by atoms with Gasteiger partial charge < -0.3 is 15.7 Å². The molecule has 0 spiro atoms. The third-order valence-electron chi connectivity index (χ3n) is 3.83. The average Bonchev–Trinajstić information content (AvgIpc) is 2.52. The smallest absolute Gasteiger partial charge is 0.315 e. The van der Waals surface area contributed by atoms with Crippen LogP contribution in [0.15, 0.2) is 42.5 Å². The second-order valence-corrected chi connectivity index (χ2v) is 5.87. The van der Waals surface area contributed by atoms with Crippen molar-refractivity contribution in [1.29, 1.82) is 0 Å². The standard InChI is InChI=1S/C18H24N2O2/c1-13(2)17(9-10-21)20-18(22)19-12-14-7-8-15-5-3-4-6-16(15)11-14/h3-8,11,13,17,21H,9-10,12H2,1-2H3,(H2,19,20,22). The van der Waals surface area contributed by atoms with Gasteiger partial charge in [0.25, 0.3) is 0 Å². The van der Waals surface area contributed by atoms with Crippen LogP contribution in [0, 0.1) is 5.92 Å². The Labute approximate surface area is 131 Å². The molecule has 0 aromatic heterocycles. The van der Waals surface area contributed by atoms with Crippen LogP contribution in [0.3, 0.4) is 0 Å². The Morgan fingerprint density at radius 1 is 1.14 bits per heavy atom. The Morgan fingerprint density at radius 3 is 2.55 bits per heavy atom. The first kappa shape index (κ1) is 16.3. The molecule has 118 valence electrons. The van der Waals surface area contributed by atoms with Crippen LogP contribution >= 0.6 is 0 Å². The van der Waals surface area contributed by atoms with Crippen molar-refractivity contribution in [1.82, 2.24) is 10.6 Å². The lowest BCUT2D eigenvalue weighted by Crippen LogP contribution is -2.44. The molecule has 0 radical (unpaired) electrons. The Balaban J connectivity index is 1.91. The predicted octanol–water partition coefficient (Wildman–Crippen LogP) is 3.05. The molecule has 0 fully saturated rings. The predicted molar refractivity (Wildman–Crippen MR) is 89.6 cm³/mol. The number of hydrogen-bond donors (Lipinski definition) is 3. The van der Waals surface area contributed by atoms with E-state index in [0.717, 1.165) is 5.56 Å². The van der Waals surface area contributed by atoms with Crippen LogP contribution < -0.4 is 10.6 Å². The van der Waals surface area contributed by atoms with Gasteiger partial charge >= 0.3 is 6.03 Å². The zero-order chi connectivity index (χ0) is 15.9. The average molecular weight is 300 g/mol. The summed E-state index contributed by atoms with van der Waals surface area (Å²) in [6.07, 6.45) is 0.570. The van der Waals surface area contributed by atoms with Gasteiger partial charge in [0.1, 0.15) is 0 Å². The van der Waals surface area contributed by atoms with Crippen molar-refractivity contribution in [3.05, 3.63) is 48.0 Å². The number of aliphatic hydroxyl groups is 1. The van der Waals surface area contributed by atoms with Gasteiger partial charge in [-0.2, -0.15) is 0 Å². The minimum atomic E-state index is -0.194. The highest BCUT2D eigenvalue weighted by atomic mass is 16.3. The van der Waals surface area contributed by atoms with Crippen LogP contribution in [0.25, 0.3) is 10.8 Å². The lowest BCUT2D eigenvalue weighted by molar-refractivity contribution is 0.218. The van der Waals surface area contributed by atoms with E-state index < -0.39 is 0 Å². The number of rotatable bonds is 6. The molecule has 1 atom stereocenters. The van der Waals surface area contributed by atoms with Crippen LogP contribution in [0.2, 0.25) is 0 Å². The molecule has 2 amide bonds. The van der Waals surface area contributed by atoms with E-state index in [1.165, 1.54) is 10.8 Å². The van der Waals surface area contributed by atoms with E-state index in [1.807, 2.05) is 32.0 Å². The van der Waals surface area contributed by atoms with Crippen LogP contribution in [0.4, 0.5) is 4.79 Å². The summed E-state index contributed by atoms with van der Waals surface area (Å²) in [5.41, 5.74) is 1.07. The highest BCUT2D eigenvalue weighted by Crippen LogP contribution is 2.15. The maximum Gasteiger partial charge on any atom is 0.315 e. The van der Waals surface area contributed by atoms with Gasteiger partial charge in [-0.05, 0) is 34.7 Å². The SMILES string of the molecule is CC(C)C(CCO)NC(=O)NCc1ccc2ccccc2c1. The summed E-state index contributed by atoms with van der Waals surface area (Å²) in [7, 11) is 0. The maximum absolute atomic E-state index is 12.0. The molecule has 2 aromatic carbocycles. The second-order valence-electron chi connectivity index (χ2n) is 5.87. The molecule has 4 nitrogen and oxygen atoms in total. The molecule has 0 heterocycles. The van der Waals surface area contributed by atoms with Crippen molar-refractivity contribution in [2.45, 2.75) is 32.9 Å². The first-order valence-electron chi connectivity index (χ1n) is 7.73. The Bertz CT molecular complexity index is 625. The molecule has 4 heteroatoms. The minimum Gasteiger partial charge on any atom is -0.396 e. The van der Waals surface area contributed by atoms with E-state index in [2.05, 4.69) is 34.9 Å². The first-order chi connectivity index (χ1) is 10.6. The molecule has 0 saturated carbocycles. The van der Waals surface area contributed by atoms with Crippen LogP contribution in [-0.2, 0) is 6.54 Å².